The van der Waals surface area contributed by atoms with Gasteiger partial charge in [0.1, 0.15) is 6.10 Å². The topological polar surface area (TPSA) is 51.6 Å². The highest BCUT2D eigenvalue weighted by Crippen LogP contribution is 2.34. The van der Waals surface area contributed by atoms with Gasteiger partial charge in [0, 0.05) is 13.3 Å². The van der Waals surface area contributed by atoms with Crippen LogP contribution in [0.25, 0.3) is 0 Å². The standard InChI is InChI=1S/C9H12F3NO3S/c1-15-2-3-16-5-6(14)7-4-13-8(17-7)9(10,11)12/h4,6,14H,2-3,5H2,1H3. The van der Waals surface area contributed by atoms with Crippen LogP contribution in [0.4, 0.5) is 13.2 Å². The predicted molar refractivity (Wildman–Crippen MR) is 54.8 cm³/mol. The maximum Gasteiger partial charge on any atom is 0.443 e. The first kappa shape index (κ1) is 14.4. The van der Waals surface area contributed by atoms with Crippen LogP contribution in [-0.2, 0) is 15.7 Å². The number of ether oxygens (including phenoxy) is 2. The van der Waals surface area contributed by atoms with Gasteiger partial charge in [-0.2, -0.15) is 13.2 Å². The van der Waals surface area contributed by atoms with Crippen molar-refractivity contribution in [2.75, 3.05) is 26.9 Å². The fourth-order valence-corrected chi connectivity index (χ4v) is 1.74. The summed E-state index contributed by atoms with van der Waals surface area (Å²) >= 11 is 0.414. The summed E-state index contributed by atoms with van der Waals surface area (Å²) in [5, 5.41) is 8.57. The number of thiazole rings is 1. The number of nitrogens with zero attached hydrogens (tertiary/aromatic N) is 1. The Balaban J connectivity index is 2.47. The van der Waals surface area contributed by atoms with Gasteiger partial charge in [0.2, 0.25) is 0 Å². The van der Waals surface area contributed by atoms with Crippen molar-refractivity contribution >= 4 is 11.3 Å². The molecule has 1 unspecified atom stereocenters. The Morgan fingerprint density at radius 1 is 1.47 bits per heavy atom. The van der Waals surface area contributed by atoms with Crippen LogP contribution in [0.3, 0.4) is 0 Å². The monoisotopic (exact) mass is 271 g/mol. The average molecular weight is 271 g/mol. The molecular weight excluding hydrogens is 259 g/mol. The van der Waals surface area contributed by atoms with E-state index >= 15 is 0 Å². The van der Waals surface area contributed by atoms with Crippen LogP contribution < -0.4 is 0 Å². The molecule has 0 radical (unpaired) electrons. The highest BCUT2D eigenvalue weighted by atomic mass is 32.1. The molecule has 0 aliphatic carbocycles. The third-order valence-electron chi connectivity index (χ3n) is 1.80. The van der Waals surface area contributed by atoms with E-state index in [1.165, 1.54) is 7.11 Å². The molecule has 1 heterocycles. The lowest BCUT2D eigenvalue weighted by molar-refractivity contribution is -0.137. The van der Waals surface area contributed by atoms with Gasteiger partial charge in [-0.15, -0.1) is 11.3 Å². The van der Waals surface area contributed by atoms with E-state index in [2.05, 4.69) is 4.98 Å². The van der Waals surface area contributed by atoms with Crippen LogP contribution in [0, 0.1) is 0 Å². The molecule has 0 bridgehead atoms. The fraction of sp³-hybridized carbons (Fsp3) is 0.667. The summed E-state index contributed by atoms with van der Waals surface area (Å²) in [5.41, 5.74) is 0. The molecule has 98 valence electrons. The molecule has 0 saturated heterocycles. The van der Waals surface area contributed by atoms with Crippen molar-refractivity contribution in [3.63, 3.8) is 0 Å². The van der Waals surface area contributed by atoms with Gasteiger partial charge in [-0.1, -0.05) is 0 Å². The maximum absolute atomic E-state index is 12.2. The van der Waals surface area contributed by atoms with Crippen molar-refractivity contribution in [2.24, 2.45) is 0 Å². The summed E-state index contributed by atoms with van der Waals surface area (Å²) < 4.78 is 46.4. The van der Waals surface area contributed by atoms with E-state index in [4.69, 9.17) is 9.47 Å². The lowest BCUT2D eigenvalue weighted by atomic mass is 10.3. The summed E-state index contributed by atoms with van der Waals surface area (Å²) in [6.45, 7) is 0.560. The zero-order valence-corrected chi connectivity index (χ0v) is 9.85. The van der Waals surface area contributed by atoms with Gasteiger partial charge in [-0.25, -0.2) is 4.98 Å². The van der Waals surface area contributed by atoms with E-state index in [1.807, 2.05) is 0 Å². The molecule has 1 rings (SSSR count). The highest BCUT2D eigenvalue weighted by Gasteiger charge is 2.35. The molecular formula is C9H12F3NO3S. The Morgan fingerprint density at radius 3 is 2.71 bits per heavy atom. The van der Waals surface area contributed by atoms with Crippen LogP contribution in [-0.4, -0.2) is 37.0 Å². The van der Waals surface area contributed by atoms with E-state index in [-0.39, 0.29) is 18.1 Å². The largest absolute Gasteiger partial charge is 0.443 e. The second-order valence-corrected chi connectivity index (χ2v) is 4.21. The van der Waals surface area contributed by atoms with Crippen molar-refractivity contribution < 1.29 is 27.8 Å². The second kappa shape index (κ2) is 6.29. The molecule has 0 fully saturated rings. The van der Waals surface area contributed by atoms with E-state index in [9.17, 15) is 18.3 Å². The average Bonchev–Trinajstić information content (AvgIpc) is 2.72. The van der Waals surface area contributed by atoms with Crippen LogP contribution in [0.1, 0.15) is 16.0 Å². The second-order valence-electron chi connectivity index (χ2n) is 3.15. The van der Waals surface area contributed by atoms with Gasteiger partial charge in [0.05, 0.1) is 24.7 Å². The lowest BCUT2D eigenvalue weighted by Crippen LogP contribution is -2.09. The minimum Gasteiger partial charge on any atom is -0.385 e. The molecule has 4 nitrogen and oxygen atoms in total. The first-order valence-electron chi connectivity index (χ1n) is 4.73. The van der Waals surface area contributed by atoms with Gasteiger partial charge >= 0.3 is 6.18 Å². The minimum atomic E-state index is -4.47. The summed E-state index contributed by atoms with van der Waals surface area (Å²) in [7, 11) is 1.50. The van der Waals surface area contributed by atoms with Crippen molar-refractivity contribution in [2.45, 2.75) is 12.3 Å². The van der Waals surface area contributed by atoms with Crippen molar-refractivity contribution in [3.05, 3.63) is 16.1 Å². The number of hydrogen-bond acceptors (Lipinski definition) is 5. The molecule has 0 saturated carbocycles. The predicted octanol–water partition coefficient (Wildman–Crippen LogP) is 1.86. The van der Waals surface area contributed by atoms with E-state index in [0.29, 0.717) is 17.9 Å². The third kappa shape index (κ3) is 4.58. The SMILES string of the molecule is COCCOCC(O)c1cnc(C(F)(F)F)s1. The third-order valence-corrected chi connectivity index (χ3v) is 2.95. The Hall–Kier alpha value is -0.700. The smallest absolute Gasteiger partial charge is 0.385 e. The van der Waals surface area contributed by atoms with E-state index in [1.54, 1.807) is 0 Å². The summed E-state index contributed by atoms with van der Waals surface area (Å²) in [5.74, 6) is 0. The zero-order chi connectivity index (χ0) is 12.9. The maximum atomic E-state index is 12.2. The number of aliphatic hydroxyl groups is 1. The van der Waals surface area contributed by atoms with Crippen LogP contribution in [0.2, 0.25) is 0 Å². The van der Waals surface area contributed by atoms with Gasteiger partial charge < -0.3 is 14.6 Å². The molecule has 0 aromatic carbocycles. The number of hydrogen-bond donors (Lipinski definition) is 1. The number of aromatic nitrogens is 1. The van der Waals surface area contributed by atoms with Crippen molar-refractivity contribution in [1.29, 1.82) is 0 Å². The molecule has 17 heavy (non-hydrogen) atoms. The first-order valence-corrected chi connectivity index (χ1v) is 5.54. The quantitative estimate of drug-likeness (QED) is 0.802. The highest BCUT2D eigenvalue weighted by molar-refractivity contribution is 7.11. The molecule has 0 aliphatic rings. The Labute approximate surface area is 100.0 Å². The van der Waals surface area contributed by atoms with E-state index < -0.39 is 17.3 Å². The first-order chi connectivity index (χ1) is 7.95. The van der Waals surface area contributed by atoms with Gasteiger partial charge in [-0.3, -0.25) is 0 Å². The number of aliphatic hydroxyl groups excluding tert-OH is 1. The van der Waals surface area contributed by atoms with Crippen molar-refractivity contribution in [1.82, 2.24) is 4.98 Å². The Bertz CT molecular complexity index is 342. The van der Waals surface area contributed by atoms with Gasteiger partial charge in [0.25, 0.3) is 0 Å². The van der Waals surface area contributed by atoms with Crippen LogP contribution in [0.15, 0.2) is 6.20 Å². The summed E-state index contributed by atoms with van der Waals surface area (Å²) in [6.07, 6.45) is -4.56. The molecule has 8 heteroatoms. The fourth-order valence-electron chi connectivity index (χ4n) is 0.991. The molecule has 1 N–H and O–H groups in total. The number of methoxy groups -OCH3 is 1. The van der Waals surface area contributed by atoms with Gasteiger partial charge in [0.15, 0.2) is 5.01 Å². The number of halogens is 3. The molecule has 0 spiro atoms. The molecule has 1 aromatic heterocycles. The summed E-state index contributed by atoms with van der Waals surface area (Å²) in [6, 6.07) is 0. The Kier molecular flexibility index (Phi) is 5.31. The minimum absolute atomic E-state index is 0.0805. The van der Waals surface area contributed by atoms with E-state index in [0.717, 1.165) is 6.20 Å². The molecule has 1 atom stereocenters. The molecule has 0 aliphatic heterocycles. The molecule has 0 amide bonds. The lowest BCUT2D eigenvalue weighted by Gasteiger charge is -2.08. The zero-order valence-electron chi connectivity index (χ0n) is 9.03. The van der Waals surface area contributed by atoms with Gasteiger partial charge in [-0.05, 0) is 0 Å². The number of alkyl halides is 3. The van der Waals surface area contributed by atoms with Crippen LogP contribution >= 0.6 is 11.3 Å². The number of rotatable bonds is 6. The summed E-state index contributed by atoms with van der Waals surface area (Å²) in [4.78, 5) is 3.34. The van der Waals surface area contributed by atoms with Crippen molar-refractivity contribution in [3.8, 4) is 0 Å². The normalized spacial score (nSPS) is 13.9. The molecule has 1 aromatic rings. The van der Waals surface area contributed by atoms with Crippen LogP contribution in [0.5, 0.6) is 0 Å². The Morgan fingerprint density at radius 2 is 2.18 bits per heavy atom.